The number of carbonyl (C=O) groups excluding carboxylic acids is 1. The van der Waals surface area contributed by atoms with E-state index in [0.29, 0.717) is 29.8 Å². The molecule has 0 spiro atoms. The third-order valence-electron chi connectivity index (χ3n) is 5.08. The summed E-state index contributed by atoms with van der Waals surface area (Å²) >= 11 is 0. The van der Waals surface area contributed by atoms with E-state index in [9.17, 15) is 9.90 Å². The zero-order valence-electron chi connectivity index (χ0n) is 16.4. The Balaban J connectivity index is 2.30. The Morgan fingerprint density at radius 2 is 1.86 bits per heavy atom. The molecule has 0 aliphatic carbocycles. The normalized spacial score (nSPS) is 11.9. The molecule has 0 saturated carbocycles. The number of phenols is 1. The Bertz CT molecular complexity index is 997. The van der Waals surface area contributed by atoms with Crippen LogP contribution in [0, 0.1) is 13.8 Å². The summed E-state index contributed by atoms with van der Waals surface area (Å²) in [6.45, 7) is 6.46. The SMILES string of the molecule is Cc1cccnc1-c1c(NC=O)c(C)cc(O)c1-c1ccc(C(C)CN)cc1. The first-order valence-electron chi connectivity index (χ1n) is 9.27. The molecule has 4 N–H and O–H groups in total. The molecule has 1 atom stereocenters. The van der Waals surface area contributed by atoms with Gasteiger partial charge in [-0.3, -0.25) is 9.78 Å². The number of rotatable bonds is 6. The molecule has 3 aromatic rings. The molecule has 5 heteroatoms. The first-order valence-corrected chi connectivity index (χ1v) is 9.27. The molecule has 1 heterocycles. The zero-order valence-corrected chi connectivity index (χ0v) is 16.4. The van der Waals surface area contributed by atoms with Gasteiger partial charge in [0.05, 0.1) is 11.4 Å². The third-order valence-corrected chi connectivity index (χ3v) is 5.08. The lowest BCUT2D eigenvalue weighted by molar-refractivity contribution is -0.105. The quantitative estimate of drug-likeness (QED) is 0.441. The molecule has 2 aromatic carbocycles. The van der Waals surface area contributed by atoms with Gasteiger partial charge >= 0.3 is 0 Å². The largest absolute Gasteiger partial charge is 0.507 e. The fourth-order valence-corrected chi connectivity index (χ4v) is 3.44. The Hall–Kier alpha value is -3.18. The van der Waals surface area contributed by atoms with Crippen molar-refractivity contribution < 1.29 is 9.90 Å². The molecular formula is C23H25N3O2. The fraction of sp³-hybridized carbons (Fsp3) is 0.217. The predicted octanol–water partition coefficient (Wildman–Crippen LogP) is 4.37. The van der Waals surface area contributed by atoms with Gasteiger partial charge in [0, 0.05) is 17.3 Å². The van der Waals surface area contributed by atoms with Crippen molar-refractivity contribution in [3.8, 4) is 28.1 Å². The lowest BCUT2D eigenvalue weighted by atomic mass is 9.89. The van der Waals surface area contributed by atoms with E-state index in [4.69, 9.17) is 5.73 Å². The number of hydrogen-bond acceptors (Lipinski definition) is 4. The molecule has 1 amide bonds. The van der Waals surface area contributed by atoms with Gasteiger partial charge in [0.25, 0.3) is 0 Å². The van der Waals surface area contributed by atoms with Crippen molar-refractivity contribution in [2.45, 2.75) is 26.7 Å². The number of hydrogen-bond donors (Lipinski definition) is 3. The van der Waals surface area contributed by atoms with Crippen LogP contribution in [0.3, 0.4) is 0 Å². The second kappa shape index (κ2) is 8.23. The van der Waals surface area contributed by atoms with Crippen molar-refractivity contribution in [2.75, 3.05) is 11.9 Å². The number of carbonyl (C=O) groups is 1. The first kappa shape index (κ1) is 19.6. The molecule has 144 valence electrons. The number of benzene rings is 2. The summed E-state index contributed by atoms with van der Waals surface area (Å²) in [4.78, 5) is 15.8. The maximum absolute atomic E-state index is 11.3. The van der Waals surface area contributed by atoms with Gasteiger partial charge in [-0.05, 0) is 60.7 Å². The number of phenolic OH excluding ortho intramolecular Hbond substituents is 1. The van der Waals surface area contributed by atoms with Gasteiger partial charge in [-0.15, -0.1) is 0 Å². The highest BCUT2D eigenvalue weighted by Gasteiger charge is 2.21. The van der Waals surface area contributed by atoms with Crippen LogP contribution in [0.4, 0.5) is 5.69 Å². The van der Waals surface area contributed by atoms with Gasteiger partial charge < -0.3 is 16.2 Å². The highest BCUT2D eigenvalue weighted by molar-refractivity contribution is 5.98. The number of anilines is 1. The molecule has 0 fully saturated rings. The second-order valence-electron chi connectivity index (χ2n) is 7.03. The van der Waals surface area contributed by atoms with Crippen molar-refractivity contribution in [1.82, 2.24) is 4.98 Å². The summed E-state index contributed by atoms with van der Waals surface area (Å²) in [5.41, 5.74) is 12.2. The molecule has 28 heavy (non-hydrogen) atoms. The van der Waals surface area contributed by atoms with Gasteiger partial charge in [-0.2, -0.15) is 0 Å². The van der Waals surface area contributed by atoms with E-state index in [1.165, 1.54) is 0 Å². The minimum atomic E-state index is 0.147. The zero-order chi connectivity index (χ0) is 20.3. The molecule has 1 unspecified atom stereocenters. The molecule has 3 rings (SSSR count). The summed E-state index contributed by atoms with van der Waals surface area (Å²) in [7, 11) is 0. The summed E-state index contributed by atoms with van der Waals surface area (Å²) in [6, 6.07) is 13.5. The van der Waals surface area contributed by atoms with E-state index >= 15 is 0 Å². The Labute approximate surface area is 165 Å². The summed E-state index contributed by atoms with van der Waals surface area (Å²) in [5, 5.41) is 13.6. The Morgan fingerprint density at radius 1 is 1.14 bits per heavy atom. The van der Waals surface area contributed by atoms with Crippen molar-refractivity contribution in [3.63, 3.8) is 0 Å². The van der Waals surface area contributed by atoms with Gasteiger partial charge in [0.15, 0.2) is 0 Å². The number of aromatic hydroxyl groups is 1. The van der Waals surface area contributed by atoms with Crippen LogP contribution in [0.15, 0.2) is 48.7 Å². The van der Waals surface area contributed by atoms with Crippen LogP contribution < -0.4 is 11.1 Å². The minimum absolute atomic E-state index is 0.147. The van der Waals surface area contributed by atoms with Gasteiger partial charge in [-0.1, -0.05) is 37.3 Å². The average molecular weight is 375 g/mol. The van der Waals surface area contributed by atoms with Crippen LogP contribution in [0.2, 0.25) is 0 Å². The topological polar surface area (TPSA) is 88.2 Å². The van der Waals surface area contributed by atoms with Crippen molar-refractivity contribution in [3.05, 3.63) is 65.4 Å². The molecular weight excluding hydrogens is 350 g/mol. The maximum atomic E-state index is 11.3. The summed E-state index contributed by atoms with van der Waals surface area (Å²) in [6.07, 6.45) is 2.36. The average Bonchev–Trinajstić information content (AvgIpc) is 2.70. The lowest BCUT2D eigenvalue weighted by Crippen LogP contribution is -2.08. The van der Waals surface area contributed by atoms with Gasteiger partial charge in [-0.25, -0.2) is 0 Å². The van der Waals surface area contributed by atoms with Crippen molar-refractivity contribution in [2.24, 2.45) is 5.73 Å². The smallest absolute Gasteiger partial charge is 0.211 e. The molecule has 0 aliphatic rings. The number of amides is 1. The predicted molar refractivity (Wildman–Crippen MR) is 113 cm³/mol. The molecule has 0 aliphatic heterocycles. The summed E-state index contributed by atoms with van der Waals surface area (Å²) < 4.78 is 0. The highest BCUT2D eigenvalue weighted by Crippen LogP contribution is 2.45. The van der Waals surface area contributed by atoms with Gasteiger partial charge in [0.2, 0.25) is 6.41 Å². The number of aromatic nitrogens is 1. The number of nitrogens with two attached hydrogens (primary N) is 1. The van der Waals surface area contributed by atoms with Crippen LogP contribution in [0.1, 0.15) is 29.5 Å². The van der Waals surface area contributed by atoms with Crippen LogP contribution in [-0.4, -0.2) is 23.0 Å². The standard InChI is InChI=1S/C23H25N3O2/c1-14-5-4-10-25-22(14)21-20(19(28)11-15(2)23(21)26-13-27)18-8-6-17(7-9-18)16(3)12-24/h4-11,13,16,28H,12,24H2,1-3H3,(H,26,27). The molecule has 1 aromatic heterocycles. The van der Waals surface area contributed by atoms with E-state index in [1.54, 1.807) is 12.3 Å². The lowest BCUT2D eigenvalue weighted by Gasteiger charge is -2.20. The van der Waals surface area contributed by atoms with Crippen LogP contribution >= 0.6 is 0 Å². The van der Waals surface area contributed by atoms with Gasteiger partial charge in [0.1, 0.15) is 5.75 Å². The first-order chi connectivity index (χ1) is 13.5. The van der Waals surface area contributed by atoms with Crippen molar-refractivity contribution >= 4 is 12.1 Å². The second-order valence-corrected chi connectivity index (χ2v) is 7.03. The number of nitrogens with zero attached hydrogens (tertiary/aromatic N) is 1. The fourth-order valence-electron chi connectivity index (χ4n) is 3.44. The van der Waals surface area contributed by atoms with E-state index in [0.717, 1.165) is 27.9 Å². The Morgan fingerprint density at radius 3 is 2.46 bits per heavy atom. The minimum Gasteiger partial charge on any atom is -0.507 e. The van der Waals surface area contributed by atoms with E-state index in [1.807, 2.05) is 50.2 Å². The number of nitrogens with one attached hydrogen (secondary N) is 1. The van der Waals surface area contributed by atoms with Crippen molar-refractivity contribution in [1.29, 1.82) is 0 Å². The maximum Gasteiger partial charge on any atom is 0.211 e. The molecule has 5 nitrogen and oxygen atoms in total. The van der Waals surface area contributed by atoms with Crippen LogP contribution in [0.5, 0.6) is 5.75 Å². The highest BCUT2D eigenvalue weighted by atomic mass is 16.3. The molecule has 0 bridgehead atoms. The Kier molecular flexibility index (Phi) is 5.76. The van der Waals surface area contributed by atoms with E-state index < -0.39 is 0 Å². The van der Waals surface area contributed by atoms with E-state index in [-0.39, 0.29) is 11.7 Å². The monoisotopic (exact) mass is 375 g/mol. The molecule has 0 saturated heterocycles. The van der Waals surface area contributed by atoms with Crippen LogP contribution in [0.25, 0.3) is 22.4 Å². The number of aryl methyl sites for hydroxylation is 2. The van der Waals surface area contributed by atoms with E-state index in [2.05, 4.69) is 17.2 Å². The van der Waals surface area contributed by atoms with Crippen LogP contribution in [-0.2, 0) is 4.79 Å². The number of pyridine rings is 1. The summed E-state index contributed by atoms with van der Waals surface area (Å²) in [5.74, 6) is 0.402. The third kappa shape index (κ3) is 3.62. The molecule has 0 radical (unpaired) electrons.